The van der Waals surface area contributed by atoms with Crippen LogP contribution >= 0.6 is 0 Å². The first-order chi connectivity index (χ1) is 9.99. The quantitative estimate of drug-likeness (QED) is 0.672. The summed E-state index contributed by atoms with van der Waals surface area (Å²) in [5, 5.41) is 0. The fourth-order valence-electron chi connectivity index (χ4n) is 2.58. The number of nitrogens with two attached hydrogens (primary N) is 1. The molecule has 0 aliphatic carbocycles. The molecule has 1 unspecified atom stereocenters. The summed E-state index contributed by atoms with van der Waals surface area (Å²) >= 11 is 0. The number of hydrogen-bond acceptors (Lipinski definition) is 3. The van der Waals surface area contributed by atoms with Gasteiger partial charge in [0.2, 0.25) is 0 Å². The SMILES string of the molecule is COc1cccc(F)c1C(NN)c1c(C)cc(C)cc1F. The molecule has 2 rings (SSSR count). The maximum absolute atomic E-state index is 14.3. The van der Waals surface area contributed by atoms with Gasteiger partial charge in [-0.05, 0) is 43.2 Å². The molecule has 3 N–H and O–H groups in total. The van der Waals surface area contributed by atoms with Gasteiger partial charge in [0.15, 0.2) is 0 Å². The summed E-state index contributed by atoms with van der Waals surface area (Å²) in [7, 11) is 1.43. The van der Waals surface area contributed by atoms with E-state index in [9.17, 15) is 8.78 Å². The molecule has 112 valence electrons. The molecule has 0 aliphatic heterocycles. The number of nitrogens with one attached hydrogen (secondary N) is 1. The lowest BCUT2D eigenvalue weighted by Gasteiger charge is -2.22. The third kappa shape index (κ3) is 2.89. The van der Waals surface area contributed by atoms with E-state index in [1.54, 1.807) is 19.9 Å². The highest BCUT2D eigenvalue weighted by atomic mass is 19.1. The summed E-state index contributed by atoms with van der Waals surface area (Å²) in [5.41, 5.74) is 4.48. The Hall–Kier alpha value is -1.98. The van der Waals surface area contributed by atoms with E-state index >= 15 is 0 Å². The highest BCUT2D eigenvalue weighted by Crippen LogP contribution is 2.34. The van der Waals surface area contributed by atoms with Crippen molar-refractivity contribution < 1.29 is 13.5 Å². The van der Waals surface area contributed by atoms with Crippen LogP contribution in [0.5, 0.6) is 5.75 Å². The topological polar surface area (TPSA) is 47.3 Å². The molecule has 0 saturated carbocycles. The standard InChI is InChI=1S/C16H18F2N2O/c1-9-7-10(2)14(12(18)8-9)16(20-19)15-11(17)5-4-6-13(15)21-3/h4-8,16,20H,19H2,1-3H3. The molecule has 0 heterocycles. The monoisotopic (exact) mass is 292 g/mol. The van der Waals surface area contributed by atoms with E-state index in [0.717, 1.165) is 5.56 Å². The number of hydrogen-bond donors (Lipinski definition) is 2. The largest absolute Gasteiger partial charge is 0.496 e. The molecule has 0 amide bonds. The molecular weight excluding hydrogens is 274 g/mol. The summed E-state index contributed by atoms with van der Waals surface area (Å²) in [4.78, 5) is 0. The second-order valence-corrected chi connectivity index (χ2v) is 4.93. The van der Waals surface area contributed by atoms with Crippen molar-refractivity contribution in [2.75, 3.05) is 7.11 Å². The number of hydrazine groups is 1. The minimum absolute atomic E-state index is 0.188. The molecule has 1 atom stereocenters. The molecule has 0 radical (unpaired) electrons. The number of rotatable bonds is 4. The highest BCUT2D eigenvalue weighted by Gasteiger charge is 2.25. The number of benzene rings is 2. The van der Waals surface area contributed by atoms with Gasteiger partial charge in [-0.2, -0.15) is 0 Å². The molecule has 2 aromatic carbocycles. The van der Waals surface area contributed by atoms with E-state index in [4.69, 9.17) is 10.6 Å². The van der Waals surface area contributed by atoms with E-state index in [2.05, 4.69) is 5.43 Å². The molecule has 0 spiro atoms. The Morgan fingerprint density at radius 3 is 2.38 bits per heavy atom. The molecule has 21 heavy (non-hydrogen) atoms. The Bertz CT molecular complexity index is 636. The van der Waals surface area contributed by atoms with Gasteiger partial charge in [0.1, 0.15) is 17.4 Å². The van der Waals surface area contributed by atoms with Crippen molar-refractivity contribution in [2.45, 2.75) is 19.9 Å². The molecule has 0 aromatic heterocycles. The van der Waals surface area contributed by atoms with E-state index in [1.165, 1.54) is 25.3 Å². The first-order valence-electron chi connectivity index (χ1n) is 6.54. The smallest absolute Gasteiger partial charge is 0.132 e. The summed E-state index contributed by atoms with van der Waals surface area (Å²) in [5.74, 6) is 4.95. The number of ether oxygens (including phenoxy) is 1. The van der Waals surface area contributed by atoms with E-state index in [0.29, 0.717) is 16.9 Å². The van der Waals surface area contributed by atoms with Gasteiger partial charge in [0.25, 0.3) is 0 Å². The van der Waals surface area contributed by atoms with Crippen LogP contribution in [0.2, 0.25) is 0 Å². The van der Waals surface area contributed by atoms with Gasteiger partial charge >= 0.3 is 0 Å². The first-order valence-corrected chi connectivity index (χ1v) is 6.54. The molecule has 0 aliphatic rings. The van der Waals surface area contributed by atoms with Crippen molar-refractivity contribution in [1.82, 2.24) is 5.43 Å². The Labute approximate surface area is 122 Å². The van der Waals surface area contributed by atoms with Gasteiger partial charge in [-0.25, -0.2) is 14.2 Å². The van der Waals surface area contributed by atoms with Crippen molar-refractivity contribution >= 4 is 0 Å². The molecular formula is C16H18F2N2O. The van der Waals surface area contributed by atoms with E-state index in [1.807, 2.05) is 6.07 Å². The molecule has 3 nitrogen and oxygen atoms in total. The molecule has 2 aromatic rings. The summed E-state index contributed by atoms with van der Waals surface area (Å²) in [6.45, 7) is 3.57. The van der Waals surface area contributed by atoms with Crippen molar-refractivity contribution in [3.8, 4) is 5.75 Å². The zero-order valence-corrected chi connectivity index (χ0v) is 12.2. The molecule has 5 heteroatoms. The maximum Gasteiger partial charge on any atom is 0.132 e. The average molecular weight is 292 g/mol. The van der Waals surface area contributed by atoms with Gasteiger partial charge in [-0.1, -0.05) is 12.1 Å². The van der Waals surface area contributed by atoms with Crippen LogP contribution in [0.3, 0.4) is 0 Å². The molecule has 0 fully saturated rings. The van der Waals surface area contributed by atoms with Crippen LogP contribution in [0.25, 0.3) is 0 Å². The normalized spacial score (nSPS) is 12.3. The number of aryl methyl sites for hydroxylation is 2. The van der Waals surface area contributed by atoms with Crippen LogP contribution < -0.4 is 16.0 Å². The highest BCUT2D eigenvalue weighted by molar-refractivity contribution is 5.46. The lowest BCUT2D eigenvalue weighted by atomic mass is 9.92. The van der Waals surface area contributed by atoms with Gasteiger partial charge in [-0.15, -0.1) is 0 Å². The zero-order chi connectivity index (χ0) is 15.6. The van der Waals surface area contributed by atoms with Gasteiger partial charge in [0.05, 0.1) is 18.7 Å². The Kier molecular flexibility index (Phi) is 4.55. The van der Waals surface area contributed by atoms with Gasteiger partial charge < -0.3 is 4.74 Å². The Morgan fingerprint density at radius 1 is 1.10 bits per heavy atom. The van der Waals surface area contributed by atoms with Crippen molar-refractivity contribution in [2.24, 2.45) is 5.84 Å². The van der Waals surface area contributed by atoms with E-state index in [-0.39, 0.29) is 5.56 Å². The fraction of sp³-hybridized carbons (Fsp3) is 0.250. The Morgan fingerprint density at radius 2 is 1.81 bits per heavy atom. The fourth-order valence-corrected chi connectivity index (χ4v) is 2.58. The number of halogens is 2. The van der Waals surface area contributed by atoms with Crippen molar-refractivity contribution in [1.29, 1.82) is 0 Å². The van der Waals surface area contributed by atoms with Crippen LogP contribution in [0.4, 0.5) is 8.78 Å². The third-order valence-corrected chi connectivity index (χ3v) is 3.46. The summed E-state index contributed by atoms with van der Waals surface area (Å²) in [6.07, 6.45) is 0. The van der Waals surface area contributed by atoms with Crippen molar-refractivity contribution in [3.05, 3.63) is 64.2 Å². The minimum atomic E-state index is -0.832. The Balaban J connectivity index is 2.66. The lowest BCUT2D eigenvalue weighted by Crippen LogP contribution is -2.31. The summed E-state index contributed by atoms with van der Waals surface area (Å²) in [6, 6.07) is 6.84. The lowest BCUT2D eigenvalue weighted by molar-refractivity contribution is 0.395. The summed E-state index contributed by atoms with van der Waals surface area (Å²) < 4.78 is 33.7. The molecule has 0 saturated heterocycles. The predicted octanol–water partition coefficient (Wildman–Crippen LogP) is 3.14. The minimum Gasteiger partial charge on any atom is -0.496 e. The van der Waals surface area contributed by atoms with Gasteiger partial charge in [0, 0.05) is 5.56 Å². The first kappa shape index (κ1) is 15.4. The third-order valence-electron chi connectivity index (χ3n) is 3.46. The van der Waals surface area contributed by atoms with E-state index < -0.39 is 17.7 Å². The van der Waals surface area contributed by atoms with Gasteiger partial charge in [-0.3, -0.25) is 5.84 Å². The van der Waals surface area contributed by atoms with Crippen LogP contribution in [0.1, 0.15) is 28.3 Å². The maximum atomic E-state index is 14.3. The van der Waals surface area contributed by atoms with Crippen LogP contribution in [-0.4, -0.2) is 7.11 Å². The predicted molar refractivity (Wildman–Crippen MR) is 78.0 cm³/mol. The van der Waals surface area contributed by atoms with Crippen molar-refractivity contribution in [3.63, 3.8) is 0 Å². The second-order valence-electron chi connectivity index (χ2n) is 4.93. The number of methoxy groups -OCH3 is 1. The van der Waals surface area contributed by atoms with Crippen LogP contribution in [0.15, 0.2) is 30.3 Å². The molecule has 0 bridgehead atoms. The van der Waals surface area contributed by atoms with Crippen LogP contribution in [0, 0.1) is 25.5 Å². The second kappa shape index (κ2) is 6.20. The zero-order valence-electron chi connectivity index (χ0n) is 12.2. The van der Waals surface area contributed by atoms with Crippen LogP contribution in [-0.2, 0) is 0 Å². The average Bonchev–Trinajstić information content (AvgIpc) is 2.43.